The number of aliphatic carboxylic acids is 1. The Kier molecular flexibility index (Phi) is 7.30. The van der Waals surface area contributed by atoms with E-state index < -0.39 is 46.2 Å². The second-order valence-corrected chi connectivity index (χ2v) is 14.7. The molecule has 4 fully saturated rings. The summed E-state index contributed by atoms with van der Waals surface area (Å²) in [5.74, 6) is -3.16. The van der Waals surface area contributed by atoms with Crippen LogP contribution in [0.3, 0.4) is 0 Å². The molecule has 3 aliphatic carbocycles. The Labute approximate surface area is 266 Å². The number of amides is 2. The van der Waals surface area contributed by atoms with Gasteiger partial charge in [0, 0.05) is 27.7 Å². The van der Waals surface area contributed by atoms with Gasteiger partial charge in [-0.05, 0) is 87.2 Å². The van der Waals surface area contributed by atoms with Gasteiger partial charge in [0.25, 0.3) is 0 Å². The van der Waals surface area contributed by atoms with E-state index in [2.05, 4.69) is 15.5 Å². The van der Waals surface area contributed by atoms with Crippen molar-refractivity contribution in [1.82, 2.24) is 10.2 Å². The van der Waals surface area contributed by atoms with Crippen LogP contribution in [0.15, 0.2) is 36.4 Å². The Morgan fingerprint density at radius 3 is 2.57 bits per heavy atom. The SMILES string of the molecule is CN1[C@@H](C(=O)NC23CCCC(C2)C(C(=O)O)CC3)[C@H](c2cccc(Cl)c2F)[C@]2(C(=O)Nc3cc(Cl)ccc32)C12CCCCC2. The molecule has 3 saturated carbocycles. The van der Waals surface area contributed by atoms with E-state index in [0.29, 0.717) is 42.8 Å². The van der Waals surface area contributed by atoms with Crippen molar-refractivity contribution in [1.29, 1.82) is 0 Å². The lowest BCUT2D eigenvalue weighted by Gasteiger charge is -2.50. The first-order valence-electron chi connectivity index (χ1n) is 15.9. The zero-order valence-electron chi connectivity index (χ0n) is 24.8. The van der Waals surface area contributed by atoms with E-state index in [4.69, 9.17) is 23.2 Å². The standard InChI is InChI=1S/C34H38Cl2FN3O4/c1-40-28(29(41)39-32-13-6-7-19(18-32)21(12-16-32)30(42)43)26(22-8-5-9-24(36)27(22)37)34(33(40)14-3-2-4-15-33)23-11-10-20(35)17-25(23)38-31(34)44/h5,8-11,17,19,21,26,28H,2-4,6-7,12-16,18H2,1H3,(H,38,44)(H,39,41)(H,42,43)/t19?,21?,26-,28+,32?,34+/m0/s1. The number of benzene rings is 2. The number of halogens is 3. The van der Waals surface area contributed by atoms with Crippen LogP contribution in [0, 0.1) is 17.7 Å². The quantitative estimate of drug-likeness (QED) is 0.347. The van der Waals surface area contributed by atoms with Crippen LogP contribution in [0.1, 0.15) is 87.7 Å². The summed E-state index contributed by atoms with van der Waals surface area (Å²) in [4.78, 5) is 43.6. The number of carboxylic acid groups (broad SMARTS) is 1. The van der Waals surface area contributed by atoms with E-state index in [0.717, 1.165) is 44.1 Å². The highest BCUT2D eigenvalue weighted by Crippen LogP contribution is 2.66. The van der Waals surface area contributed by atoms with Crippen LogP contribution in [0.25, 0.3) is 0 Å². The van der Waals surface area contributed by atoms with Crippen LogP contribution in [-0.4, -0.2) is 52.0 Å². The van der Waals surface area contributed by atoms with Gasteiger partial charge in [-0.3, -0.25) is 19.3 Å². The number of anilines is 1. The monoisotopic (exact) mass is 641 g/mol. The fourth-order valence-corrected chi connectivity index (χ4v) is 10.6. The number of hydrogen-bond donors (Lipinski definition) is 3. The highest BCUT2D eigenvalue weighted by molar-refractivity contribution is 6.31. The lowest BCUT2D eigenvalue weighted by molar-refractivity contribution is -0.147. The van der Waals surface area contributed by atoms with E-state index in [1.807, 2.05) is 13.1 Å². The maximum Gasteiger partial charge on any atom is 0.306 e. The summed E-state index contributed by atoms with van der Waals surface area (Å²) in [6.45, 7) is 0. The van der Waals surface area contributed by atoms with Crippen molar-refractivity contribution < 1.29 is 23.9 Å². The second kappa shape index (κ2) is 10.7. The fourth-order valence-electron chi connectivity index (χ4n) is 10.2. The molecule has 234 valence electrons. The zero-order chi connectivity index (χ0) is 31.0. The summed E-state index contributed by atoms with van der Waals surface area (Å²) in [7, 11) is 1.92. The van der Waals surface area contributed by atoms with Crippen molar-refractivity contribution in [3.63, 3.8) is 0 Å². The van der Waals surface area contributed by atoms with E-state index in [1.165, 1.54) is 6.07 Å². The minimum atomic E-state index is -1.27. The minimum absolute atomic E-state index is 0.00560. The van der Waals surface area contributed by atoms with Gasteiger partial charge >= 0.3 is 5.97 Å². The number of carbonyl (C=O) groups is 3. The van der Waals surface area contributed by atoms with Crippen molar-refractivity contribution >= 4 is 46.7 Å². The molecule has 3 N–H and O–H groups in total. The molecule has 0 radical (unpaired) electrons. The van der Waals surface area contributed by atoms with Crippen molar-refractivity contribution in [3.8, 4) is 0 Å². The van der Waals surface area contributed by atoms with Crippen molar-refractivity contribution in [2.24, 2.45) is 11.8 Å². The maximum absolute atomic E-state index is 16.3. The van der Waals surface area contributed by atoms with Gasteiger partial charge < -0.3 is 15.7 Å². The smallest absolute Gasteiger partial charge is 0.306 e. The largest absolute Gasteiger partial charge is 0.481 e. The molecule has 2 aromatic rings. The number of carboxylic acids is 1. The number of carbonyl (C=O) groups excluding carboxylic acids is 2. The average Bonchev–Trinajstić information content (AvgIpc) is 3.39. The Balaban J connectivity index is 1.40. The summed E-state index contributed by atoms with van der Waals surface area (Å²) in [6, 6.07) is 9.33. The molecule has 44 heavy (non-hydrogen) atoms. The van der Waals surface area contributed by atoms with Gasteiger partial charge in [-0.2, -0.15) is 0 Å². The maximum atomic E-state index is 16.3. The Hall–Kier alpha value is -2.68. The Morgan fingerprint density at radius 1 is 1.05 bits per heavy atom. The van der Waals surface area contributed by atoms with E-state index >= 15 is 4.39 Å². The summed E-state index contributed by atoms with van der Waals surface area (Å²) >= 11 is 12.8. The van der Waals surface area contributed by atoms with Gasteiger partial charge in [0.05, 0.1) is 17.0 Å². The summed E-state index contributed by atoms with van der Waals surface area (Å²) in [5.41, 5.74) is -0.984. The average molecular weight is 643 g/mol. The predicted molar refractivity (Wildman–Crippen MR) is 166 cm³/mol. The van der Waals surface area contributed by atoms with Crippen LogP contribution in [0.4, 0.5) is 10.1 Å². The molecule has 3 unspecified atom stereocenters. The Morgan fingerprint density at radius 2 is 1.82 bits per heavy atom. The van der Waals surface area contributed by atoms with Gasteiger partial charge in [-0.15, -0.1) is 0 Å². The summed E-state index contributed by atoms with van der Waals surface area (Å²) in [6.07, 6.45) is 8.27. The van der Waals surface area contributed by atoms with Crippen molar-refractivity contribution in [2.45, 2.75) is 99.1 Å². The topological polar surface area (TPSA) is 98.7 Å². The number of likely N-dealkylation sites (N-methyl/N-ethyl adjacent to an activating group) is 1. The van der Waals surface area contributed by atoms with E-state index in [1.54, 1.807) is 24.3 Å². The third-order valence-electron chi connectivity index (χ3n) is 12.0. The lowest BCUT2D eigenvalue weighted by atomic mass is 9.55. The third kappa shape index (κ3) is 4.12. The summed E-state index contributed by atoms with van der Waals surface area (Å²) in [5, 5.41) is 16.8. The molecule has 7 nitrogen and oxygen atoms in total. The molecule has 5 aliphatic rings. The second-order valence-electron chi connectivity index (χ2n) is 13.8. The molecule has 7 rings (SSSR count). The van der Waals surface area contributed by atoms with Crippen LogP contribution in [-0.2, 0) is 19.8 Å². The van der Waals surface area contributed by atoms with Gasteiger partial charge in [-0.25, -0.2) is 4.39 Å². The first-order chi connectivity index (χ1) is 21.0. The molecule has 6 atom stereocenters. The zero-order valence-corrected chi connectivity index (χ0v) is 26.3. The molecular formula is C34H38Cl2FN3O4. The molecule has 1 saturated heterocycles. The first kappa shape index (κ1) is 30.0. The highest BCUT2D eigenvalue weighted by Gasteiger charge is 2.75. The van der Waals surface area contributed by atoms with Crippen LogP contribution in [0.5, 0.6) is 0 Å². The molecule has 2 spiro atoms. The minimum Gasteiger partial charge on any atom is -0.481 e. The van der Waals surface area contributed by atoms with Gasteiger partial charge in [0.1, 0.15) is 11.2 Å². The molecule has 2 bridgehead atoms. The van der Waals surface area contributed by atoms with E-state index in [9.17, 15) is 19.5 Å². The molecule has 2 aromatic carbocycles. The fraction of sp³-hybridized carbons (Fsp3) is 0.559. The van der Waals surface area contributed by atoms with Gasteiger partial charge in [0.15, 0.2) is 0 Å². The number of nitrogens with zero attached hydrogens (tertiary/aromatic N) is 1. The number of hydrogen-bond acceptors (Lipinski definition) is 4. The third-order valence-corrected chi connectivity index (χ3v) is 12.5. The molecule has 0 aromatic heterocycles. The van der Waals surface area contributed by atoms with E-state index in [-0.39, 0.29) is 28.3 Å². The Bertz CT molecular complexity index is 1550. The normalized spacial score (nSPS) is 34.1. The van der Waals surface area contributed by atoms with Gasteiger partial charge in [0.2, 0.25) is 11.8 Å². The molecule has 10 heteroatoms. The number of rotatable bonds is 4. The number of nitrogens with one attached hydrogen (secondary N) is 2. The molecule has 2 heterocycles. The predicted octanol–water partition coefficient (Wildman–Crippen LogP) is 6.66. The highest BCUT2D eigenvalue weighted by atomic mass is 35.5. The van der Waals surface area contributed by atoms with Crippen molar-refractivity contribution in [3.05, 3.63) is 63.4 Å². The van der Waals surface area contributed by atoms with Crippen LogP contribution >= 0.6 is 23.2 Å². The van der Waals surface area contributed by atoms with Crippen LogP contribution in [0.2, 0.25) is 10.0 Å². The van der Waals surface area contributed by atoms with Gasteiger partial charge in [-0.1, -0.05) is 67.1 Å². The molecular weight excluding hydrogens is 604 g/mol. The number of likely N-dealkylation sites (tertiary alicyclic amines) is 1. The molecule has 2 aliphatic heterocycles. The summed E-state index contributed by atoms with van der Waals surface area (Å²) < 4.78 is 16.3. The lowest BCUT2D eigenvalue weighted by Crippen LogP contribution is -2.61. The van der Waals surface area contributed by atoms with Crippen molar-refractivity contribution in [2.75, 3.05) is 12.4 Å². The first-order valence-corrected chi connectivity index (χ1v) is 16.6. The molecule has 2 amide bonds. The van der Waals surface area contributed by atoms with Crippen LogP contribution < -0.4 is 10.6 Å². The number of fused-ring (bicyclic) bond motifs is 5.